The Morgan fingerprint density at radius 1 is 0.568 bits per heavy atom. The van der Waals surface area contributed by atoms with E-state index in [1.165, 1.54) is 77.8 Å². The molecule has 2 unspecified atom stereocenters. The van der Waals surface area contributed by atoms with Crippen LogP contribution in [0.15, 0.2) is 134 Å². The largest absolute Gasteiger partial charge is 0.311 e. The standard InChI is InChI=1S/C43H41N/c1-3-32-11-15-37(16-12-32)42-26-33-25-34(27-42)29-43(28-33,30-42)38-17-23-41(24-18-38)44(39-19-9-31(2)10-20-39)40-21-13-36(14-22-40)35-7-5-4-6-8-35/h3-24,33-34H,1,25-30H2,2H3. The van der Waals surface area contributed by atoms with Crippen LogP contribution in [0.3, 0.4) is 0 Å². The molecule has 4 aliphatic carbocycles. The predicted octanol–water partition coefficient (Wildman–Crippen LogP) is 11.6. The zero-order valence-corrected chi connectivity index (χ0v) is 25.8. The average Bonchev–Trinajstić information content (AvgIpc) is 3.06. The number of aryl methyl sites for hydroxylation is 1. The number of rotatable bonds is 7. The van der Waals surface area contributed by atoms with Crippen LogP contribution in [0, 0.1) is 18.8 Å². The van der Waals surface area contributed by atoms with Gasteiger partial charge in [-0.05, 0) is 132 Å². The third kappa shape index (κ3) is 4.70. The van der Waals surface area contributed by atoms with Gasteiger partial charge in [-0.1, -0.05) is 109 Å². The van der Waals surface area contributed by atoms with Crippen molar-refractivity contribution in [1.29, 1.82) is 0 Å². The van der Waals surface area contributed by atoms with E-state index in [1.807, 2.05) is 6.08 Å². The molecule has 0 N–H and O–H groups in total. The average molecular weight is 572 g/mol. The third-order valence-corrected chi connectivity index (χ3v) is 11.1. The molecule has 0 heterocycles. The van der Waals surface area contributed by atoms with Crippen LogP contribution < -0.4 is 4.90 Å². The van der Waals surface area contributed by atoms with Gasteiger partial charge in [0.05, 0.1) is 0 Å². The molecule has 4 saturated carbocycles. The summed E-state index contributed by atoms with van der Waals surface area (Å²) >= 11 is 0. The number of nitrogens with zero attached hydrogens (tertiary/aromatic N) is 1. The molecule has 1 heteroatoms. The highest BCUT2D eigenvalue weighted by Crippen LogP contribution is 2.66. The molecular formula is C43H41N. The Morgan fingerprint density at radius 2 is 1.02 bits per heavy atom. The molecule has 0 saturated heterocycles. The summed E-state index contributed by atoms with van der Waals surface area (Å²) in [6.45, 7) is 6.13. The molecule has 218 valence electrons. The normalized spacial score (nSPS) is 25.1. The second-order valence-corrected chi connectivity index (χ2v) is 14.0. The van der Waals surface area contributed by atoms with Crippen molar-refractivity contribution >= 4 is 23.1 Å². The van der Waals surface area contributed by atoms with E-state index in [-0.39, 0.29) is 5.41 Å². The van der Waals surface area contributed by atoms with Crippen LogP contribution in [0.1, 0.15) is 60.8 Å². The van der Waals surface area contributed by atoms with E-state index in [2.05, 4.69) is 146 Å². The van der Waals surface area contributed by atoms with Gasteiger partial charge in [-0.2, -0.15) is 0 Å². The first-order valence-electron chi connectivity index (χ1n) is 16.4. The SMILES string of the molecule is C=Cc1ccc(C23CC4CC(C2)CC(c2ccc(N(c5ccc(C)cc5)c5ccc(-c6ccccc6)cc5)cc2)(C4)C3)cc1. The summed E-state index contributed by atoms with van der Waals surface area (Å²) in [7, 11) is 0. The first-order valence-corrected chi connectivity index (χ1v) is 16.4. The van der Waals surface area contributed by atoms with Crippen molar-refractivity contribution in [2.75, 3.05) is 4.90 Å². The topological polar surface area (TPSA) is 3.24 Å². The molecule has 5 aromatic rings. The Bertz CT molecular complexity index is 1750. The number of benzene rings is 5. The Labute approximate surface area is 262 Å². The van der Waals surface area contributed by atoms with Gasteiger partial charge in [-0.15, -0.1) is 0 Å². The Kier molecular flexibility index (Phi) is 6.60. The van der Waals surface area contributed by atoms with E-state index in [0.717, 1.165) is 11.8 Å². The van der Waals surface area contributed by atoms with Crippen LogP contribution in [0.4, 0.5) is 17.1 Å². The van der Waals surface area contributed by atoms with E-state index in [4.69, 9.17) is 0 Å². The maximum atomic E-state index is 3.98. The third-order valence-electron chi connectivity index (χ3n) is 11.1. The minimum absolute atomic E-state index is 0.283. The van der Waals surface area contributed by atoms with Gasteiger partial charge < -0.3 is 4.90 Å². The minimum Gasteiger partial charge on any atom is -0.311 e. The molecule has 4 fully saturated rings. The first kappa shape index (κ1) is 27.2. The fraction of sp³-hybridized carbons (Fsp3) is 0.256. The summed E-state index contributed by atoms with van der Waals surface area (Å²) in [5.74, 6) is 1.67. The van der Waals surface area contributed by atoms with Crippen LogP contribution in [0.5, 0.6) is 0 Å². The maximum Gasteiger partial charge on any atom is 0.0462 e. The van der Waals surface area contributed by atoms with Crippen LogP contribution in [-0.4, -0.2) is 0 Å². The van der Waals surface area contributed by atoms with Crippen molar-refractivity contribution in [3.8, 4) is 11.1 Å². The van der Waals surface area contributed by atoms with E-state index in [9.17, 15) is 0 Å². The van der Waals surface area contributed by atoms with Crippen molar-refractivity contribution in [3.05, 3.63) is 156 Å². The lowest BCUT2D eigenvalue weighted by Crippen LogP contribution is -2.55. The zero-order valence-electron chi connectivity index (χ0n) is 25.8. The lowest BCUT2D eigenvalue weighted by Gasteiger charge is -2.63. The Balaban J connectivity index is 1.14. The highest BCUT2D eigenvalue weighted by Gasteiger charge is 2.58. The van der Waals surface area contributed by atoms with E-state index < -0.39 is 0 Å². The molecule has 4 bridgehead atoms. The maximum absolute atomic E-state index is 3.98. The highest BCUT2D eigenvalue weighted by atomic mass is 15.1. The van der Waals surface area contributed by atoms with Gasteiger partial charge in [0, 0.05) is 17.1 Å². The molecule has 9 rings (SSSR count). The van der Waals surface area contributed by atoms with Gasteiger partial charge in [-0.3, -0.25) is 0 Å². The van der Waals surface area contributed by atoms with E-state index in [0.29, 0.717) is 5.41 Å². The summed E-state index contributed by atoms with van der Waals surface area (Å²) in [5, 5.41) is 0. The van der Waals surface area contributed by atoms with Crippen molar-refractivity contribution in [2.24, 2.45) is 11.8 Å². The molecule has 44 heavy (non-hydrogen) atoms. The fourth-order valence-electron chi connectivity index (χ4n) is 9.45. The van der Waals surface area contributed by atoms with Crippen LogP contribution in [0.2, 0.25) is 0 Å². The van der Waals surface area contributed by atoms with Gasteiger partial charge in [0.25, 0.3) is 0 Å². The number of anilines is 3. The van der Waals surface area contributed by atoms with Crippen LogP contribution in [0.25, 0.3) is 17.2 Å². The van der Waals surface area contributed by atoms with Crippen LogP contribution >= 0.6 is 0 Å². The van der Waals surface area contributed by atoms with Gasteiger partial charge in [0.2, 0.25) is 0 Å². The highest BCUT2D eigenvalue weighted by molar-refractivity contribution is 5.78. The fourth-order valence-corrected chi connectivity index (χ4v) is 9.45. The van der Waals surface area contributed by atoms with E-state index in [1.54, 1.807) is 11.1 Å². The Hall–Kier alpha value is -4.36. The molecule has 0 aromatic heterocycles. The van der Waals surface area contributed by atoms with Gasteiger partial charge >= 0.3 is 0 Å². The molecule has 0 amide bonds. The number of hydrogen-bond donors (Lipinski definition) is 0. The first-order chi connectivity index (χ1) is 21.5. The molecule has 1 nitrogen and oxygen atoms in total. The van der Waals surface area contributed by atoms with Crippen LogP contribution in [-0.2, 0) is 10.8 Å². The number of hydrogen-bond acceptors (Lipinski definition) is 1. The molecule has 0 spiro atoms. The molecule has 4 aliphatic rings. The summed E-state index contributed by atoms with van der Waals surface area (Å²) in [5.41, 5.74) is 12.3. The van der Waals surface area contributed by atoms with Crippen molar-refractivity contribution in [2.45, 2.75) is 56.3 Å². The van der Waals surface area contributed by atoms with Gasteiger partial charge in [0.1, 0.15) is 0 Å². The molecular weight excluding hydrogens is 530 g/mol. The van der Waals surface area contributed by atoms with Crippen molar-refractivity contribution in [3.63, 3.8) is 0 Å². The van der Waals surface area contributed by atoms with E-state index >= 15 is 0 Å². The molecule has 2 atom stereocenters. The second kappa shape index (κ2) is 10.7. The summed E-state index contributed by atoms with van der Waals surface area (Å²) in [4.78, 5) is 2.40. The van der Waals surface area contributed by atoms with Crippen molar-refractivity contribution in [1.82, 2.24) is 0 Å². The molecule has 0 radical (unpaired) electrons. The van der Waals surface area contributed by atoms with Crippen molar-refractivity contribution < 1.29 is 0 Å². The Morgan fingerprint density at radius 3 is 1.55 bits per heavy atom. The summed E-state index contributed by atoms with van der Waals surface area (Å²) in [6, 6.07) is 47.6. The second-order valence-electron chi connectivity index (χ2n) is 14.0. The van der Waals surface area contributed by atoms with Gasteiger partial charge in [0.15, 0.2) is 0 Å². The quantitative estimate of drug-likeness (QED) is 0.188. The zero-order chi connectivity index (χ0) is 29.7. The molecule has 0 aliphatic heterocycles. The lowest BCUT2D eigenvalue weighted by molar-refractivity contribution is -0.0281. The monoisotopic (exact) mass is 571 g/mol. The minimum atomic E-state index is 0.283. The molecule has 5 aromatic carbocycles. The lowest BCUT2D eigenvalue weighted by atomic mass is 9.42. The summed E-state index contributed by atoms with van der Waals surface area (Å²) < 4.78 is 0. The summed E-state index contributed by atoms with van der Waals surface area (Å²) in [6.07, 6.45) is 10.1. The smallest absolute Gasteiger partial charge is 0.0462 e. The van der Waals surface area contributed by atoms with Gasteiger partial charge in [-0.25, -0.2) is 0 Å². The predicted molar refractivity (Wildman–Crippen MR) is 186 cm³/mol.